The second-order valence-electron chi connectivity index (χ2n) is 5.87. The minimum Gasteiger partial charge on any atom is -0.483 e. The molecule has 1 saturated carbocycles. The van der Waals surface area contributed by atoms with E-state index in [1.807, 2.05) is 18.2 Å². The third-order valence-electron chi connectivity index (χ3n) is 4.27. The first-order valence-electron chi connectivity index (χ1n) is 7.73. The molecule has 0 saturated heterocycles. The van der Waals surface area contributed by atoms with Crippen molar-refractivity contribution in [3.8, 4) is 5.75 Å². The number of nitrogens with one attached hydrogen (secondary N) is 1. The number of rotatable bonds is 7. The Morgan fingerprint density at radius 3 is 2.48 bits per heavy atom. The van der Waals surface area contributed by atoms with E-state index in [9.17, 15) is 9.59 Å². The van der Waals surface area contributed by atoms with Gasteiger partial charge in [0.2, 0.25) is 0 Å². The molecule has 2 aromatic carbocycles. The van der Waals surface area contributed by atoms with Crippen LogP contribution in [0.15, 0.2) is 54.6 Å². The Morgan fingerprint density at radius 2 is 1.78 bits per heavy atom. The standard InChI is InChI=1S/C19H19NO3/c21-12-15-6-4-5-9-17(15)23-13-18(22)20-14-19(10-11-19)16-7-2-1-3-8-16/h1-9,12H,10-11,13-14H2,(H,20,22). The molecule has 2 aromatic rings. The van der Waals surface area contributed by atoms with Crippen LogP contribution in [0.2, 0.25) is 0 Å². The number of hydrogen-bond acceptors (Lipinski definition) is 3. The first-order chi connectivity index (χ1) is 11.2. The van der Waals surface area contributed by atoms with Crippen molar-refractivity contribution < 1.29 is 14.3 Å². The Morgan fingerprint density at radius 1 is 1.09 bits per heavy atom. The van der Waals surface area contributed by atoms with E-state index in [1.54, 1.807) is 24.3 Å². The summed E-state index contributed by atoms with van der Waals surface area (Å²) in [5.41, 5.74) is 1.80. The molecule has 0 bridgehead atoms. The normalized spacial score (nSPS) is 14.8. The highest BCUT2D eigenvalue weighted by Crippen LogP contribution is 2.47. The summed E-state index contributed by atoms with van der Waals surface area (Å²) in [4.78, 5) is 22.9. The Hall–Kier alpha value is -2.62. The smallest absolute Gasteiger partial charge is 0.257 e. The van der Waals surface area contributed by atoms with Crippen LogP contribution < -0.4 is 10.1 Å². The summed E-state index contributed by atoms with van der Waals surface area (Å²) >= 11 is 0. The number of benzene rings is 2. The molecule has 4 nitrogen and oxygen atoms in total. The molecule has 0 atom stereocenters. The van der Waals surface area contributed by atoms with Gasteiger partial charge in [0.15, 0.2) is 12.9 Å². The van der Waals surface area contributed by atoms with Crippen molar-refractivity contribution in [2.75, 3.05) is 13.2 Å². The maximum Gasteiger partial charge on any atom is 0.257 e. The molecule has 1 amide bonds. The predicted octanol–water partition coefficient (Wildman–Crippen LogP) is 2.73. The second-order valence-corrected chi connectivity index (χ2v) is 5.87. The minimum atomic E-state index is -0.173. The van der Waals surface area contributed by atoms with Crippen molar-refractivity contribution in [2.24, 2.45) is 0 Å². The van der Waals surface area contributed by atoms with Gasteiger partial charge in [0.1, 0.15) is 5.75 Å². The van der Waals surface area contributed by atoms with Gasteiger partial charge in [0.25, 0.3) is 5.91 Å². The van der Waals surface area contributed by atoms with Crippen molar-refractivity contribution >= 4 is 12.2 Å². The van der Waals surface area contributed by atoms with Crippen LogP contribution in [0.3, 0.4) is 0 Å². The van der Waals surface area contributed by atoms with E-state index in [2.05, 4.69) is 17.4 Å². The summed E-state index contributed by atoms with van der Waals surface area (Å²) in [6, 6.07) is 17.1. The average molecular weight is 309 g/mol. The zero-order valence-electron chi connectivity index (χ0n) is 12.8. The summed E-state index contributed by atoms with van der Waals surface area (Å²) in [7, 11) is 0. The Kier molecular flexibility index (Phi) is 4.42. The van der Waals surface area contributed by atoms with Gasteiger partial charge in [-0.3, -0.25) is 9.59 Å². The van der Waals surface area contributed by atoms with Crippen LogP contribution in [0.1, 0.15) is 28.8 Å². The van der Waals surface area contributed by atoms with Crippen molar-refractivity contribution in [2.45, 2.75) is 18.3 Å². The predicted molar refractivity (Wildman–Crippen MR) is 87.7 cm³/mol. The molecule has 3 rings (SSSR count). The SMILES string of the molecule is O=Cc1ccccc1OCC(=O)NCC1(c2ccccc2)CC1. The van der Waals surface area contributed by atoms with Crippen LogP contribution in [-0.2, 0) is 10.2 Å². The van der Waals surface area contributed by atoms with Crippen LogP contribution in [-0.4, -0.2) is 25.3 Å². The molecule has 1 fully saturated rings. The van der Waals surface area contributed by atoms with Crippen molar-refractivity contribution in [1.82, 2.24) is 5.32 Å². The Balaban J connectivity index is 1.52. The number of para-hydroxylation sites is 1. The molecule has 0 aliphatic heterocycles. The quantitative estimate of drug-likeness (QED) is 0.800. The summed E-state index contributed by atoms with van der Waals surface area (Å²) in [6.45, 7) is 0.532. The van der Waals surface area contributed by atoms with Crippen LogP contribution in [0, 0.1) is 0 Å². The first kappa shape index (κ1) is 15.3. The Bertz CT molecular complexity index is 693. The molecule has 1 aliphatic rings. The van der Waals surface area contributed by atoms with Gasteiger partial charge in [-0.05, 0) is 30.5 Å². The molecule has 4 heteroatoms. The van der Waals surface area contributed by atoms with E-state index >= 15 is 0 Å². The van der Waals surface area contributed by atoms with Crippen LogP contribution in [0.5, 0.6) is 5.75 Å². The van der Waals surface area contributed by atoms with Crippen LogP contribution in [0.25, 0.3) is 0 Å². The molecule has 1 aliphatic carbocycles. The van der Waals surface area contributed by atoms with Gasteiger partial charge in [-0.15, -0.1) is 0 Å². The molecule has 118 valence electrons. The van der Waals surface area contributed by atoms with Crippen molar-refractivity contribution in [1.29, 1.82) is 0 Å². The lowest BCUT2D eigenvalue weighted by atomic mass is 9.96. The van der Waals surface area contributed by atoms with E-state index < -0.39 is 0 Å². The van der Waals surface area contributed by atoms with Gasteiger partial charge in [-0.1, -0.05) is 42.5 Å². The van der Waals surface area contributed by atoms with Crippen molar-refractivity contribution in [3.63, 3.8) is 0 Å². The van der Waals surface area contributed by atoms with Gasteiger partial charge in [-0.2, -0.15) is 0 Å². The van der Waals surface area contributed by atoms with E-state index in [1.165, 1.54) is 5.56 Å². The monoisotopic (exact) mass is 309 g/mol. The molecular weight excluding hydrogens is 290 g/mol. The van der Waals surface area contributed by atoms with Gasteiger partial charge in [0.05, 0.1) is 5.56 Å². The maximum atomic E-state index is 12.0. The fourth-order valence-electron chi connectivity index (χ4n) is 2.68. The second kappa shape index (κ2) is 6.65. The summed E-state index contributed by atoms with van der Waals surface area (Å²) in [6.07, 6.45) is 2.90. The lowest BCUT2D eigenvalue weighted by Crippen LogP contribution is -2.35. The number of carbonyl (C=O) groups is 2. The van der Waals surface area contributed by atoms with Gasteiger partial charge in [0, 0.05) is 12.0 Å². The molecular formula is C19H19NO3. The molecule has 0 heterocycles. The maximum absolute atomic E-state index is 12.0. The van der Waals surface area contributed by atoms with E-state index in [0.717, 1.165) is 19.1 Å². The number of carbonyl (C=O) groups excluding carboxylic acids is 2. The highest BCUT2D eigenvalue weighted by atomic mass is 16.5. The van der Waals surface area contributed by atoms with E-state index in [-0.39, 0.29) is 17.9 Å². The van der Waals surface area contributed by atoms with Crippen LogP contribution >= 0.6 is 0 Å². The number of hydrogen-bond donors (Lipinski definition) is 1. The highest BCUT2D eigenvalue weighted by Gasteiger charge is 2.44. The molecule has 1 N–H and O–H groups in total. The van der Waals surface area contributed by atoms with Gasteiger partial charge in [-0.25, -0.2) is 0 Å². The lowest BCUT2D eigenvalue weighted by Gasteiger charge is -2.17. The molecule has 23 heavy (non-hydrogen) atoms. The number of ether oxygens (including phenoxy) is 1. The zero-order valence-corrected chi connectivity index (χ0v) is 12.8. The molecule has 0 unspecified atom stereocenters. The molecule has 0 aromatic heterocycles. The molecule has 0 spiro atoms. The van der Waals surface area contributed by atoms with Gasteiger partial charge >= 0.3 is 0 Å². The largest absolute Gasteiger partial charge is 0.483 e. The van der Waals surface area contributed by atoms with E-state index in [4.69, 9.17) is 4.74 Å². The van der Waals surface area contributed by atoms with E-state index in [0.29, 0.717) is 17.9 Å². The lowest BCUT2D eigenvalue weighted by molar-refractivity contribution is -0.123. The topological polar surface area (TPSA) is 55.4 Å². The molecule has 0 radical (unpaired) electrons. The Labute approximate surface area is 135 Å². The average Bonchev–Trinajstić information content (AvgIpc) is 3.40. The summed E-state index contributed by atoms with van der Waals surface area (Å²) < 4.78 is 5.44. The third-order valence-corrected chi connectivity index (χ3v) is 4.27. The van der Waals surface area contributed by atoms with Crippen molar-refractivity contribution in [3.05, 3.63) is 65.7 Å². The highest BCUT2D eigenvalue weighted by molar-refractivity contribution is 5.80. The third kappa shape index (κ3) is 3.59. The summed E-state index contributed by atoms with van der Waals surface area (Å²) in [5.74, 6) is 0.259. The zero-order chi connectivity index (χ0) is 16.1. The fraction of sp³-hybridized carbons (Fsp3) is 0.263. The van der Waals surface area contributed by atoms with Gasteiger partial charge < -0.3 is 10.1 Å². The fourth-order valence-corrected chi connectivity index (χ4v) is 2.68. The summed E-state index contributed by atoms with van der Waals surface area (Å²) in [5, 5.41) is 2.94. The minimum absolute atomic E-state index is 0.0810. The number of aldehydes is 1. The first-order valence-corrected chi connectivity index (χ1v) is 7.73. The van der Waals surface area contributed by atoms with Crippen LogP contribution in [0.4, 0.5) is 0 Å². The number of amides is 1.